The van der Waals surface area contributed by atoms with E-state index < -0.39 is 11.5 Å². The number of methoxy groups -OCH3 is 2. The Labute approximate surface area is 160 Å². The summed E-state index contributed by atoms with van der Waals surface area (Å²) in [5, 5.41) is 1.10. The number of rotatable bonds is 5. The Balaban J connectivity index is 2.41. The fourth-order valence-electron chi connectivity index (χ4n) is 2.95. The molecule has 3 rings (SSSR count). The molecule has 0 fully saturated rings. The number of esters is 1. The molecule has 6 nitrogen and oxygen atoms in total. The van der Waals surface area contributed by atoms with Gasteiger partial charge in [-0.25, -0.2) is 4.79 Å². The van der Waals surface area contributed by atoms with Crippen molar-refractivity contribution < 1.29 is 19.0 Å². The van der Waals surface area contributed by atoms with Gasteiger partial charge in [-0.15, -0.1) is 0 Å². The predicted molar refractivity (Wildman–Crippen MR) is 104 cm³/mol. The molecular formula is C20H18ClNO5. The van der Waals surface area contributed by atoms with Crippen LogP contribution in [0.5, 0.6) is 11.5 Å². The Morgan fingerprint density at radius 1 is 1.07 bits per heavy atom. The highest BCUT2D eigenvalue weighted by Crippen LogP contribution is 2.37. The standard InChI is InChI=1S/C20H18ClNO5/c1-4-27-20(24)18-17(11-5-8-15(25-2)16(9-11)26-3)13-10-12(21)6-7-14(13)22-19(18)23/h5-10H,4H2,1-3H3,(H,22,23). The molecule has 0 saturated carbocycles. The van der Waals surface area contributed by atoms with Crippen LogP contribution in [0.25, 0.3) is 22.0 Å². The number of carbonyl (C=O) groups is 1. The second-order valence-electron chi connectivity index (χ2n) is 5.68. The number of halogens is 1. The average molecular weight is 388 g/mol. The third-order valence-electron chi connectivity index (χ3n) is 4.13. The third kappa shape index (κ3) is 3.48. The van der Waals surface area contributed by atoms with Crippen molar-refractivity contribution in [3.8, 4) is 22.6 Å². The van der Waals surface area contributed by atoms with Gasteiger partial charge in [0.25, 0.3) is 5.56 Å². The van der Waals surface area contributed by atoms with Crippen molar-refractivity contribution in [3.63, 3.8) is 0 Å². The number of aromatic nitrogens is 1. The molecule has 1 heterocycles. The minimum atomic E-state index is -0.703. The number of hydrogen-bond donors (Lipinski definition) is 1. The molecule has 140 valence electrons. The Morgan fingerprint density at radius 3 is 2.48 bits per heavy atom. The summed E-state index contributed by atoms with van der Waals surface area (Å²) in [7, 11) is 3.05. The quantitative estimate of drug-likeness (QED) is 0.668. The molecule has 0 spiro atoms. The highest BCUT2D eigenvalue weighted by atomic mass is 35.5. The molecule has 0 saturated heterocycles. The van der Waals surface area contributed by atoms with Crippen LogP contribution in [-0.4, -0.2) is 31.8 Å². The molecule has 27 heavy (non-hydrogen) atoms. The number of hydrogen-bond acceptors (Lipinski definition) is 5. The van der Waals surface area contributed by atoms with Crippen molar-refractivity contribution in [2.75, 3.05) is 20.8 Å². The van der Waals surface area contributed by atoms with Gasteiger partial charge in [-0.05, 0) is 42.8 Å². The minimum Gasteiger partial charge on any atom is -0.493 e. The van der Waals surface area contributed by atoms with Crippen molar-refractivity contribution in [3.05, 3.63) is 57.3 Å². The van der Waals surface area contributed by atoms with E-state index in [-0.39, 0.29) is 12.2 Å². The summed E-state index contributed by atoms with van der Waals surface area (Å²) in [6, 6.07) is 10.2. The lowest BCUT2D eigenvalue weighted by Gasteiger charge is -2.14. The largest absolute Gasteiger partial charge is 0.493 e. The van der Waals surface area contributed by atoms with Gasteiger partial charge in [-0.3, -0.25) is 4.79 Å². The number of H-pyrrole nitrogens is 1. The third-order valence-corrected chi connectivity index (χ3v) is 4.36. The zero-order valence-electron chi connectivity index (χ0n) is 15.1. The predicted octanol–water partition coefficient (Wildman–Crippen LogP) is 4.04. The van der Waals surface area contributed by atoms with Gasteiger partial charge in [0, 0.05) is 21.5 Å². The number of aromatic amines is 1. The molecule has 0 atom stereocenters. The van der Waals surface area contributed by atoms with E-state index in [0.29, 0.717) is 38.6 Å². The second-order valence-corrected chi connectivity index (χ2v) is 6.12. The molecule has 0 unspecified atom stereocenters. The summed E-state index contributed by atoms with van der Waals surface area (Å²) in [6.45, 7) is 1.83. The first kappa shape index (κ1) is 18.8. The smallest absolute Gasteiger partial charge is 0.344 e. The first-order valence-corrected chi connectivity index (χ1v) is 8.63. The van der Waals surface area contributed by atoms with Crippen LogP contribution in [0.1, 0.15) is 17.3 Å². The number of fused-ring (bicyclic) bond motifs is 1. The van der Waals surface area contributed by atoms with Crippen molar-refractivity contribution in [2.24, 2.45) is 0 Å². The van der Waals surface area contributed by atoms with Gasteiger partial charge in [0.15, 0.2) is 11.5 Å². The topological polar surface area (TPSA) is 77.6 Å². The maximum Gasteiger partial charge on any atom is 0.344 e. The van der Waals surface area contributed by atoms with Gasteiger partial charge in [-0.2, -0.15) is 0 Å². The summed E-state index contributed by atoms with van der Waals surface area (Å²) >= 11 is 6.16. The maximum absolute atomic E-state index is 12.7. The van der Waals surface area contributed by atoms with E-state index >= 15 is 0 Å². The van der Waals surface area contributed by atoms with Gasteiger partial charge in [0.2, 0.25) is 0 Å². The summed E-state index contributed by atoms with van der Waals surface area (Å²) in [6.07, 6.45) is 0. The monoisotopic (exact) mass is 387 g/mol. The Hall–Kier alpha value is -2.99. The summed E-state index contributed by atoms with van der Waals surface area (Å²) in [5.41, 5.74) is 0.971. The molecule has 0 bridgehead atoms. The minimum absolute atomic E-state index is 0.0844. The number of pyridine rings is 1. The van der Waals surface area contributed by atoms with E-state index in [0.717, 1.165) is 0 Å². The lowest BCUT2D eigenvalue weighted by atomic mass is 9.95. The van der Waals surface area contributed by atoms with E-state index in [4.69, 9.17) is 25.8 Å². The molecule has 7 heteroatoms. The zero-order valence-corrected chi connectivity index (χ0v) is 15.8. The normalized spacial score (nSPS) is 10.7. The molecule has 1 aromatic heterocycles. The Kier molecular flexibility index (Phi) is 5.37. The Bertz CT molecular complexity index is 1070. The van der Waals surface area contributed by atoms with Gasteiger partial charge < -0.3 is 19.2 Å². The fourth-order valence-corrected chi connectivity index (χ4v) is 3.13. The second kappa shape index (κ2) is 7.72. The SMILES string of the molecule is CCOC(=O)c1c(-c2ccc(OC)c(OC)c2)c2cc(Cl)ccc2[nH]c1=O. The molecule has 1 N–H and O–H groups in total. The highest BCUT2D eigenvalue weighted by molar-refractivity contribution is 6.31. The number of ether oxygens (including phenoxy) is 3. The van der Waals surface area contributed by atoms with Gasteiger partial charge >= 0.3 is 5.97 Å². The average Bonchev–Trinajstić information content (AvgIpc) is 2.66. The van der Waals surface area contributed by atoms with Crippen LogP contribution in [0.3, 0.4) is 0 Å². The lowest BCUT2D eigenvalue weighted by molar-refractivity contribution is 0.0525. The van der Waals surface area contributed by atoms with Crippen LogP contribution in [0.4, 0.5) is 0 Å². The van der Waals surface area contributed by atoms with Gasteiger partial charge in [0.05, 0.1) is 20.8 Å². The lowest BCUT2D eigenvalue weighted by Crippen LogP contribution is -2.21. The molecule has 0 aliphatic carbocycles. The summed E-state index contributed by atoms with van der Waals surface area (Å²) in [4.78, 5) is 27.9. The molecule has 0 aliphatic rings. The van der Waals surface area contributed by atoms with Crippen LogP contribution in [0.2, 0.25) is 5.02 Å². The van der Waals surface area contributed by atoms with Crippen LogP contribution >= 0.6 is 11.6 Å². The van der Waals surface area contributed by atoms with E-state index in [1.165, 1.54) is 14.2 Å². The van der Waals surface area contributed by atoms with Crippen LogP contribution in [0, 0.1) is 0 Å². The molecule has 0 radical (unpaired) electrons. The maximum atomic E-state index is 12.7. The van der Waals surface area contributed by atoms with E-state index in [1.807, 2.05) is 0 Å². The van der Waals surface area contributed by atoms with Crippen molar-refractivity contribution in [1.82, 2.24) is 4.98 Å². The van der Waals surface area contributed by atoms with Crippen molar-refractivity contribution in [1.29, 1.82) is 0 Å². The summed E-state index contributed by atoms with van der Waals surface area (Å²) in [5.74, 6) is 0.303. The molecule has 0 aliphatic heterocycles. The summed E-state index contributed by atoms with van der Waals surface area (Å²) < 4.78 is 15.7. The van der Waals surface area contributed by atoms with Crippen molar-refractivity contribution >= 4 is 28.5 Å². The first-order valence-electron chi connectivity index (χ1n) is 8.25. The van der Waals surface area contributed by atoms with Crippen LogP contribution in [0.15, 0.2) is 41.2 Å². The molecule has 2 aromatic carbocycles. The first-order chi connectivity index (χ1) is 13.0. The van der Waals surface area contributed by atoms with E-state index in [1.54, 1.807) is 43.3 Å². The van der Waals surface area contributed by atoms with Crippen LogP contribution < -0.4 is 15.0 Å². The van der Waals surface area contributed by atoms with Gasteiger partial charge in [0.1, 0.15) is 5.56 Å². The molecule has 0 amide bonds. The Morgan fingerprint density at radius 2 is 1.81 bits per heavy atom. The number of nitrogens with one attached hydrogen (secondary N) is 1. The van der Waals surface area contributed by atoms with E-state index in [9.17, 15) is 9.59 Å². The highest BCUT2D eigenvalue weighted by Gasteiger charge is 2.23. The van der Waals surface area contributed by atoms with Gasteiger partial charge in [-0.1, -0.05) is 17.7 Å². The van der Waals surface area contributed by atoms with Crippen molar-refractivity contribution in [2.45, 2.75) is 6.92 Å². The number of carbonyl (C=O) groups excluding carboxylic acids is 1. The van der Waals surface area contributed by atoms with E-state index in [2.05, 4.69) is 4.98 Å². The fraction of sp³-hybridized carbons (Fsp3) is 0.200. The van der Waals surface area contributed by atoms with Crippen LogP contribution in [-0.2, 0) is 4.74 Å². The number of benzene rings is 2. The molecular weight excluding hydrogens is 370 g/mol. The molecule has 3 aromatic rings. The zero-order chi connectivity index (χ0) is 19.6.